The van der Waals surface area contributed by atoms with Gasteiger partial charge in [-0.2, -0.15) is 0 Å². The summed E-state index contributed by atoms with van der Waals surface area (Å²) in [6, 6.07) is 0. The van der Waals surface area contributed by atoms with Crippen LogP contribution < -0.4 is 0 Å². The summed E-state index contributed by atoms with van der Waals surface area (Å²) >= 11 is 0. The Labute approximate surface area is 149 Å². The number of fused-ring (bicyclic) bond motifs is 3. The van der Waals surface area contributed by atoms with Crippen LogP contribution >= 0.6 is 0 Å². The molecule has 0 amide bonds. The van der Waals surface area contributed by atoms with Crippen molar-refractivity contribution in [1.82, 2.24) is 0 Å². The average Bonchev–Trinajstić information content (AvgIpc) is 3.04. The second-order valence-corrected chi connectivity index (χ2v) is 9.65. The molecule has 5 aliphatic carbocycles. The lowest BCUT2D eigenvalue weighted by Gasteiger charge is -2.54. The van der Waals surface area contributed by atoms with Gasteiger partial charge in [0.2, 0.25) is 0 Å². The lowest BCUT2D eigenvalue weighted by molar-refractivity contribution is -0.148. The van der Waals surface area contributed by atoms with Crippen LogP contribution in [0.25, 0.3) is 0 Å². The summed E-state index contributed by atoms with van der Waals surface area (Å²) in [5, 5.41) is 0. The maximum atomic E-state index is 12.5. The fourth-order valence-electron chi connectivity index (χ4n) is 8.04. The Bertz CT molecular complexity index is 669. The second-order valence-electron chi connectivity index (χ2n) is 9.65. The molecule has 0 aromatic carbocycles. The lowest BCUT2D eigenvalue weighted by atomic mass is 9.49. The first kappa shape index (κ1) is 16.0. The first-order chi connectivity index (χ1) is 11.9. The molecule has 0 N–H and O–H groups in total. The van der Waals surface area contributed by atoms with Gasteiger partial charge in [-0.15, -0.1) is 0 Å². The molecule has 0 aromatic rings. The Kier molecular flexibility index (Phi) is 3.17. The molecule has 5 fully saturated rings. The van der Waals surface area contributed by atoms with Crippen molar-refractivity contribution in [3.8, 4) is 0 Å². The normalized spacial score (nSPS) is 53.4. The third-order valence-electron chi connectivity index (χ3n) is 8.95. The van der Waals surface area contributed by atoms with Crippen molar-refractivity contribution in [2.45, 2.75) is 71.3 Å². The number of ether oxygens (including phenoxy) is 1. The predicted octanol–water partition coefficient (Wildman–Crippen LogP) is 3.32. The van der Waals surface area contributed by atoms with Gasteiger partial charge in [-0.3, -0.25) is 14.4 Å². The highest BCUT2D eigenvalue weighted by Gasteiger charge is 2.78. The van der Waals surface area contributed by atoms with Crippen LogP contribution in [-0.2, 0) is 19.1 Å². The van der Waals surface area contributed by atoms with E-state index in [-0.39, 0.29) is 28.8 Å². The summed E-state index contributed by atoms with van der Waals surface area (Å²) in [7, 11) is 0. The molecule has 0 saturated heterocycles. The predicted molar refractivity (Wildman–Crippen MR) is 90.5 cm³/mol. The fraction of sp³-hybridized carbons (Fsp3) is 0.857. The van der Waals surface area contributed by atoms with Crippen LogP contribution in [0.1, 0.15) is 65.2 Å². The molecule has 25 heavy (non-hydrogen) atoms. The number of carbonyl (C=O) groups excluding carboxylic acids is 3. The highest BCUT2D eigenvalue weighted by atomic mass is 16.6. The van der Waals surface area contributed by atoms with Gasteiger partial charge >= 0.3 is 5.97 Å². The van der Waals surface area contributed by atoms with Crippen LogP contribution in [0.5, 0.6) is 0 Å². The highest BCUT2D eigenvalue weighted by Crippen LogP contribution is 2.76. The minimum absolute atomic E-state index is 0.0456. The van der Waals surface area contributed by atoms with Crippen LogP contribution in [0.15, 0.2) is 0 Å². The number of carbonyl (C=O) groups is 3. The maximum Gasteiger partial charge on any atom is 0.302 e. The van der Waals surface area contributed by atoms with E-state index in [2.05, 4.69) is 6.92 Å². The van der Waals surface area contributed by atoms with Crippen molar-refractivity contribution in [1.29, 1.82) is 0 Å². The Morgan fingerprint density at radius 3 is 2.60 bits per heavy atom. The molecule has 4 nitrogen and oxygen atoms in total. The standard InChI is InChI=1S/C21H28O4/c1-11(22)25-19-17-10-13(23)9-12-3-4-14-15-5-6-18(24)20(15,2)8-7-16(14)21(12,17)19/h12,14-17,19H,3-10H2,1-2H3/t12-,14-,15-,16-,17-,19+,20-,21?/m0/s1. The number of rotatable bonds is 1. The minimum atomic E-state index is -0.209. The van der Waals surface area contributed by atoms with Crippen LogP contribution in [0.4, 0.5) is 0 Å². The summed E-state index contributed by atoms with van der Waals surface area (Å²) < 4.78 is 5.77. The molecule has 5 saturated carbocycles. The van der Waals surface area contributed by atoms with Crippen molar-refractivity contribution in [3.05, 3.63) is 0 Å². The van der Waals surface area contributed by atoms with Gasteiger partial charge in [0, 0.05) is 42.9 Å². The van der Waals surface area contributed by atoms with Gasteiger partial charge in [-0.25, -0.2) is 0 Å². The van der Waals surface area contributed by atoms with Crippen molar-refractivity contribution >= 4 is 17.5 Å². The number of esters is 1. The number of hydrogen-bond acceptors (Lipinski definition) is 4. The van der Waals surface area contributed by atoms with Crippen molar-refractivity contribution in [2.75, 3.05) is 0 Å². The molecule has 4 heteroatoms. The number of hydrogen-bond donors (Lipinski definition) is 0. The van der Waals surface area contributed by atoms with E-state index in [1.165, 1.54) is 6.92 Å². The third-order valence-corrected chi connectivity index (χ3v) is 8.95. The highest BCUT2D eigenvalue weighted by molar-refractivity contribution is 5.87. The zero-order valence-electron chi connectivity index (χ0n) is 15.3. The molecule has 5 rings (SSSR count). The Balaban J connectivity index is 1.51. The van der Waals surface area contributed by atoms with Gasteiger partial charge in [0.15, 0.2) is 0 Å². The van der Waals surface area contributed by atoms with Crippen LogP contribution in [-0.4, -0.2) is 23.6 Å². The number of ketones is 2. The zero-order valence-corrected chi connectivity index (χ0v) is 15.3. The Morgan fingerprint density at radius 2 is 1.84 bits per heavy atom. The van der Waals surface area contributed by atoms with Gasteiger partial charge in [0.1, 0.15) is 17.7 Å². The van der Waals surface area contributed by atoms with E-state index < -0.39 is 0 Å². The monoisotopic (exact) mass is 344 g/mol. The summed E-state index contributed by atoms with van der Waals surface area (Å²) in [4.78, 5) is 36.4. The fourth-order valence-corrected chi connectivity index (χ4v) is 8.04. The van der Waals surface area contributed by atoms with E-state index in [9.17, 15) is 14.4 Å². The van der Waals surface area contributed by atoms with Crippen molar-refractivity contribution in [2.24, 2.45) is 40.4 Å². The number of Topliss-reactive ketones (excluding diaryl/α,β-unsaturated/α-hetero) is 2. The minimum Gasteiger partial charge on any atom is -0.462 e. The van der Waals surface area contributed by atoms with E-state index in [1.54, 1.807) is 0 Å². The molecule has 0 radical (unpaired) electrons. The Hall–Kier alpha value is -1.19. The zero-order chi connectivity index (χ0) is 17.6. The summed E-state index contributed by atoms with van der Waals surface area (Å²) in [6.45, 7) is 3.69. The van der Waals surface area contributed by atoms with E-state index in [1.807, 2.05) is 0 Å². The Morgan fingerprint density at radius 1 is 1.04 bits per heavy atom. The molecule has 0 bridgehead atoms. The summed E-state index contributed by atoms with van der Waals surface area (Å²) in [6.07, 6.45) is 7.30. The average molecular weight is 344 g/mol. The molecular weight excluding hydrogens is 316 g/mol. The molecule has 0 aromatic heterocycles. The molecule has 0 aliphatic heterocycles. The van der Waals surface area contributed by atoms with Crippen LogP contribution in [0, 0.1) is 40.4 Å². The van der Waals surface area contributed by atoms with Gasteiger partial charge in [-0.1, -0.05) is 6.92 Å². The first-order valence-electron chi connectivity index (χ1n) is 10.1. The van der Waals surface area contributed by atoms with Crippen molar-refractivity contribution < 1.29 is 19.1 Å². The summed E-state index contributed by atoms with van der Waals surface area (Å²) in [5.74, 6) is 2.89. The topological polar surface area (TPSA) is 60.4 Å². The van der Waals surface area contributed by atoms with Gasteiger partial charge < -0.3 is 4.74 Å². The SMILES string of the molecule is CC(=O)O[C@@H]1[C@@H]2CC(=O)C[C@@H]3CC[C@@H]4[C@H](CC[C@]5(C)C(=O)CC[C@@H]45)C312. The smallest absolute Gasteiger partial charge is 0.302 e. The molecule has 1 spiro atoms. The van der Waals surface area contributed by atoms with Gasteiger partial charge in [0.25, 0.3) is 0 Å². The lowest BCUT2D eigenvalue weighted by Crippen LogP contribution is -2.51. The van der Waals surface area contributed by atoms with Crippen LogP contribution in [0.3, 0.4) is 0 Å². The largest absolute Gasteiger partial charge is 0.462 e. The first-order valence-corrected chi connectivity index (χ1v) is 10.1. The quantitative estimate of drug-likeness (QED) is 0.685. The van der Waals surface area contributed by atoms with Gasteiger partial charge in [0.05, 0.1) is 0 Å². The molecule has 5 aliphatic rings. The third kappa shape index (κ3) is 1.86. The summed E-state index contributed by atoms with van der Waals surface area (Å²) in [5.41, 5.74) is -0.0636. The second kappa shape index (κ2) is 4.95. The van der Waals surface area contributed by atoms with E-state index in [0.717, 1.165) is 38.5 Å². The van der Waals surface area contributed by atoms with Crippen molar-refractivity contribution in [3.63, 3.8) is 0 Å². The molecule has 0 heterocycles. The van der Waals surface area contributed by atoms with Gasteiger partial charge in [-0.05, 0) is 55.8 Å². The van der Waals surface area contributed by atoms with E-state index in [4.69, 9.17) is 4.74 Å². The molecular formula is C21H28O4. The van der Waals surface area contributed by atoms with E-state index >= 15 is 0 Å². The van der Waals surface area contributed by atoms with E-state index in [0.29, 0.717) is 48.1 Å². The molecule has 8 atom stereocenters. The molecule has 136 valence electrons. The molecule has 1 unspecified atom stereocenters. The van der Waals surface area contributed by atoms with Crippen LogP contribution in [0.2, 0.25) is 0 Å². The maximum absolute atomic E-state index is 12.5.